The first-order valence-electron chi connectivity index (χ1n) is 12.6. The summed E-state index contributed by atoms with van der Waals surface area (Å²) in [6, 6.07) is 6.90. The number of hydrogen-bond acceptors (Lipinski definition) is 6. The van der Waals surface area contributed by atoms with Crippen LogP contribution in [0, 0.1) is 5.92 Å². The molecule has 0 aromatic heterocycles. The standard InChI is InChI=1S/C25H38N4O4S/c1-19-16-28(17-20(2)33-19)18-21-11-14-29(15-12-21)24(30)10-4-3-7-13-26-25-22-8-5-6-9-23(22)34(31,32)27-25/h5-6,8-9,19-21H,3-4,7,10-18H2,1-2H3,(H,26,27). The van der Waals surface area contributed by atoms with Crippen molar-refractivity contribution in [2.75, 3.05) is 39.3 Å². The number of unbranched alkanes of at least 4 members (excludes halogenated alkanes) is 2. The van der Waals surface area contributed by atoms with Crippen molar-refractivity contribution < 1.29 is 17.9 Å². The van der Waals surface area contributed by atoms with Crippen LogP contribution in [0.3, 0.4) is 0 Å². The summed E-state index contributed by atoms with van der Waals surface area (Å²) in [6.45, 7) is 9.70. The number of morpholine rings is 1. The molecule has 4 rings (SSSR count). The molecule has 3 heterocycles. The molecule has 2 unspecified atom stereocenters. The van der Waals surface area contributed by atoms with Crippen molar-refractivity contribution in [3.63, 3.8) is 0 Å². The fourth-order valence-electron chi connectivity index (χ4n) is 5.33. The Labute approximate surface area is 203 Å². The minimum Gasteiger partial charge on any atom is -0.373 e. The average molecular weight is 491 g/mol. The molecule has 8 nitrogen and oxygen atoms in total. The molecule has 2 fully saturated rings. The minimum atomic E-state index is -3.48. The van der Waals surface area contributed by atoms with Crippen molar-refractivity contribution in [2.45, 2.75) is 69.5 Å². The summed E-state index contributed by atoms with van der Waals surface area (Å²) in [5, 5.41) is 0. The van der Waals surface area contributed by atoms with Crippen molar-refractivity contribution in [2.24, 2.45) is 10.9 Å². The van der Waals surface area contributed by atoms with Crippen LogP contribution in [0.1, 0.15) is 57.9 Å². The molecule has 0 saturated carbocycles. The van der Waals surface area contributed by atoms with Gasteiger partial charge in [0.15, 0.2) is 0 Å². The number of rotatable bonds is 8. The third-order valence-corrected chi connectivity index (χ3v) is 8.36. The molecular weight excluding hydrogens is 452 g/mol. The first-order chi connectivity index (χ1) is 16.3. The Kier molecular flexibility index (Phi) is 8.26. The minimum absolute atomic E-state index is 0.260. The number of piperidine rings is 1. The molecule has 0 radical (unpaired) electrons. The number of likely N-dealkylation sites (tertiary alicyclic amines) is 1. The highest BCUT2D eigenvalue weighted by atomic mass is 32.2. The number of nitrogens with zero attached hydrogens (tertiary/aromatic N) is 3. The summed E-state index contributed by atoms with van der Waals surface area (Å²) in [6.07, 6.45) is 5.93. The van der Waals surface area contributed by atoms with Crippen molar-refractivity contribution in [1.82, 2.24) is 14.5 Å². The second-order valence-electron chi connectivity index (χ2n) is 9.94. The Morgan fingerprint density at radius 1 is 1.09 bits per heavy atom. The van der Waals surface area contributed by atoms with Gasteiger partial charge in [-0.3, -0.25) is 19.4 Å². The molecule has 0 aliphatic carbocycles. The monoisotopic (exact) mass is 490 g/mol. The fourth-order valence-corrected chi connectivity index (χ4v) is 6.58. The fraction of sp³-hybridized carbons (Fsp3) is 0.680. The number of aliphatic imine (C=N–C) groups is 1. The van der Waals surface area contributed by atoms with E-state index in [1.54, 1.807) is 18.2 Å². The van der Waals surface area contributed by atoms with Gasteiger partial charge in [-0.15, -0.1) is 0 Å². The summed E-state index contributed by atoms with van der Waals surface area (Å²) in [7, 11) is -3.48. The summed E-state index contributed by atoms with van der Waals surface area (Å²) >= 11 is 0. The highest BCUT2D eigenvalue weighted by Crippen LogP contribution is 2.23. The van der Waals surface area contributed by atoms with Gasteiger partial charge < -0.3 is 9.64 Å². The molecule has 0 spiro atoms. The predicted molar refractivity (Wildman–Crippen MR) is 132 cm³/mol. The van der Waals surface area contributed by atoms with Crippen LogP contribution in [0.4, 0.5) is 0 Å². The Bertz CT molecular complexity index is 978. The van der Waals surface area contributed by atoms with Gasteiger partial charge in [-0.2, -0.15) is 0 Å². The topological polar surface area (TPSA) is 91.3 Å². The van der Waals surface area contributed by atoms with E-state index in [1.807, 2.05) is 11.0 Å². The SMILES string of the molecule is CC1CN(CC2CCN(C(=O)CCCCCN=C3NS(=O)(=O)c4ccccc43)CC2)CC(C)O1. The molecule has 1 amide bonds. The van der Waals surface area contributed by atoms with Gasteiger partial charge in [-0.05, 0) is 57.6 Å². The lowest BCUT2D eigenvalue weighted by Gasteiger charge is -2.39. The smallest absolute Gasteiger partial charge is 0.263 e. The highest BCUT2D eigenvalue weighted by molar-refractivity contribution is 7.90. The molecule has 34 heavy (non-hydrogen) atoms. The van der Waals surface area contributed by atoms with Gasteiger partial charge in [0.1, 0.15) is 5.84 Å². The van der Waals surface area contributed by atoms with Gasteiger partial charge in [0.05, 0.1) is 17.1 Å². The zero-order valence-electron chi connectivity index (χ0n) is 20.4. The molecule has 1 N–H and O–H groups in total. The van der Waals surface area contributed by atoms with Gasteiger partial charge in [-0.25, -0.2) is 8.42 Å². The predicted octanol–water partition coefficient (Wildman–Crippen LogP) is 2.63. The molecule has 0 bridgehead atoms. The number of sulfonamides is 1. The lowest BCUT2D eigenvalue weighted by Crippen LogP contribution is -2.48. The lowest BCUT2D eigenvalue weighted by molar-refractivity contribution is -0.133. The van der Waals surface area contributed by atoms with E-state index in [-0.39, 0.29) is 10.8 Å². The van der Waals surface area contributed by atoms with E-state index < -0.39 is 10.0 Å². The summed E-state index contributed by atoms with van der Waals surface area (Å²) < 4.78 is 32.6. The lowest BCUT2D eigenvalue weighted by atomic mass is 9.95. The van der Waals surface area contributed by atoms with E-state index >= 15 is 0 Å². The van der Waals surface area contributed by atoms with E-state index in [4.69, 9.17) is 4.74 Å². The first kappa shape index (κ1) is 25.1. The molecule has 3 aliphatic heterocycles. The second kappa shape index (κ2) is 11.2. The van der Waals surface area contributed by atoms with E-state index in [0.717, 1.165) is 64.8 Å². The zero-order chi connectivity index (χ0) is 24.1. The zero-order valence-corrected chi connectivity index (χ0v) is 21.2. The van der Waals surface area contributed by atoms with E-state index in [1.165, 1.54) is 0 Å². The summed E-state index contributed by atoms with van der Waals surface area (Å²) in [5.74, 6) is 1.35. The largest absolute Gasteiger partial charge is 0.373 e. The summed E-state index contributed by atoms with van der Waals surface area (Å²) in [5.41, 5.74) is 0.638. The van der Waals surface area contributed by atoms with Crippen LogP contribution in [0.15, 0.2) is 34.2 Å². The Balaban J connectivity index is 1.11. The van der Waals surface area contributed by atoms with E-state index in [2.05, 4.69) is 28.5 Å². The van der Waals surface area contributed by atoms with Crippen LogP contribution in [0.2, 0.25) is 0 Å². The number of ether oxygens (including phenoxy) is 1. The van der Waals surface area contributed by atoms with Crippen molar-refractivity contribution in [1.29, 1.82) is 0 Å². The van der Waals surface area contributed by atoms with Crippen LogP contribution >= 0.6 is 0 Å². The van der Waals surface area contributed by atoms with Gasteiger partial charge in [0.25, 0.3) is 10.0 Å². The molecule has 2 atom stereocenters. The number of carbonyl (C=O) groups is 1. The number of amidine groups is 1. The number of benzene rings is 1. The van der Waals surface area contributed by atoms with Crippen molar-refractivity contribution in [3.8, 4) is 0 Å². The van der Waals surface area contributed by atoms with Gasteiger partial charge in [0.2, 0.25) is 5.91 Å². The van der Waals surface area contributed by atoms with Gasteiger partial charge >= 0.3 is 0 Å². The number of amides is 1. The third kappa shape index (κ3) is 6.37. The maximum absolute atomic E-state index is 12.6. The maximum Gasteiger partial charge on any atom is 0.263 e. The average Bonchev–Trinajstić information content (AvgIpc) is 3.06. The first-order valence-corrected chi connectivity index (χ1v) is 14.1. The molecule has 3 aliphatic rings. The van der Waals surface area contributed by atoms with Crippen LogP contribution in [0.5, 0.6) is 0 Å². The Hall–Kier alpha value is -1.97. The number of nitrogens with one attached hydrogen (secondary N) is 1. The molecule has 188 valence electrons. The quantitative estimate of drug-likeness (QED) is 0.566. The van der Waals surface area contributed by atoms with Crippen LogP contribution in [0.25, 0.3) is 0 Å². The number of hydrogen-bond donors (Lipinski definition) is 1. The molecular formula is C25H38N4O4S. The maximum atomic E-state index is 12.6. The van der Waals surface area contributed by atoms with Gasteiger partial charge in [0, 0.05) is 51.3 Å². The van der Waals surface area contributed by atoms with E-state index in [0.29, 0.717) is 42.5 Å². The molecule has 1 aromatic carbocycles. The normalized spacial score (nSPS) is 26.4. The van der Waals surface area contributed by atoms with Gasteiger partial charge in [-0.1, -0.05) is 18.6 Å². The third-order valence-electron chi connectivity index (χ3n) is 6.96. The summed E-state index contributed by atoms with van der Waals surface area (Å²) in [4.78, 5) is 21.9. The van der Waals surface area contributed by atoms with Crippen LogP contribution in [-0.2, 0) is 19.6 Å². The van der Waals surface area contributed by atoms with Crippen LogP contribution < -0.4 is 4.72 Å². The number of carbonyl (C=O) groups excluding carboxylic acids is 1. The Morgan fingerprint density at radius 3 is 2.53 bits per heavy atom. The Morgan fingerprint density at radius 2 is 1.79 bits per heavy atom. The molecule has 1 aromatic rings. The molecule has 9 heteroatoms. The second-order valence-corrected chi connectivity index (χ2v) is 11.6. The van der Waals surface area contributed by atoms with E-state index in [9.17, 15) is 13.2 Å². The highest BCUT2D eigenvalue weighted by Gasteiger charge is 2.30. The molecule has 2 saturated heterocycles. The number of fused-ring (bicyclic) bond motifs is 1. The van der Waals surface area contributed by atoms with Crippen molar-refractivity contribution >= 4 is 21.8 Å². The van der Waals surface area contributed by atoms with Crippen LogP contribution in [-0.4, -0.2) is 81.4 Å². The van der Waals surface area contributed by atoms with Crippen molar-refractivity contribution in [3.05, 3.63) is 29.8 Å².